The van der Waals surface area contributed by atoms with Crippen molar-refractivity contribution in [1.82, 2.24) is 0 Å². The molecule has 7 heteroatoms. The fraction of sp³-hybridized carbons (Fsp3) is 0.211. The molecule has 0 bridgehead atoms. The quantitative estimate of drug-likeness (QED) is 0.683. The number of ether oxygens (including phenoxy) is 1. The number of hydrogen-bond acceptors (Lipinski definition) is 5. The molecule has 1 N–H and O–H groups in total. The lowest BCUT2D eigenvalue weighted by atomic mass is 10.1. The Morgan fingerprint density at radius 3 is 2.62 bits per heavy atom. The molecule has 0 aliphatic heterocycles. The first-order valence-corrected chi connectivity index (χ1v) is 9.60. The highest BCUT2D eigenvalue weighted by molar-refractivity contribution is 7.92. The van der Waals surface area contributed by atoms with E-state index >= 15 is 0 Å². The van der Waals surface area contributed by atoms with Crippen molar-refractivity contribution in [1.29, 1.82) is 0 Å². The lowest BCUT2D eigenvalue weighted by Gasteiger charge is -2.08. The van der Waals surface area contributed by atoms with Crippen LogP contribution in [-0.2, 0) is 14.8 Å². The van der Waals surface area contributed by atoms with Crippen molar-refractivity contribution in [2.24, 2.45) is 0 Å². The summed E-state index contributed by atoms with van der Waals surface area (Å²) >= 11 is 0. The van der Waals surface area contributed by atoms with Crippen molar-refractivity contribution in [3.05, 3.63) is 59.4 Å². The van der Waals surface area contributed by atoms with E-state index in [-0.39, 0.29) is 17.3 Å². The van der Waals surface area contributed by atoms with Gasteiger partial charge in [0, 0.05) is 16.6 Å². The van der Waals surface area contributed by atoms with Crippen LogP contribution in [0.4, 0.5) is 5.69 Å². The molecular formula is C19H19NO5S. The van der Waals surface area contributed by atoms with E-state index in [4.69, 9.17) is 9.15 Å². The average Bonchev–Trinajstić information content (AvgIpc) is 2.91. The Labute approximate surface area is 151 Å². The monoisotopic (exact) mass is 373 g/mol. The molecule has 0 fully saturated rings. The summed E-state index contributed by atoms with van der Waals surface area (Å²) < 4.78 is 38.2. The number of fused-ring (bicyclic) bond motifs is 1. The Hall–Kier alpha value is -2.80. The van der Waals surface area contributed by atoms with Crippen LogP contribution in [0.2, 0.25) is 0 Å². The molecule has 0 aliphatic rings. The van der Waals surface area contributed by atoms with E-state index in [1.54, 1.807) is 44.2 Å². The summed E-state index contributed by atoms with van der Waals surface area (Å²) in [6.07, 6.45) is 0. The zero-order valence-electron chi connectivity index (χ0n) is 14.7. The Balaban J connectivity index is 1.96. The van der Waals surface area contributed by atoms with Gasteiger partial charge in [-0.05, 0) is 56.7 Å². The predicted octanol–water partition coefficient (Wildman–Crippen LogP) is 4.03. The van der Waals surface area contributed by atoms with Gasteiger partial charge < -0.3 is 9.15 Å². The SMILES string of the molecule is CCOC(=O)c1oc2ccc(NS(=O)(=O)c3cccc(C)c3)cc2c1C. The van der Waals surface area contributed by atoms with Gasteiger partial charge >= 0.3 is 5.97 Å². The summed E-state index contributed by atoms with van der Waals surface area (Å²) in [4.78, 5) is 12.1. The Bertz CT molecular complexity index is 1080. The number of anilines is 1. The number of carbonyl (C=O) groups excluding carboxylic acids is 1. The molecule has 6 nitrogen and oxygen atoms in total. The number of carbonyl (C=O) groups is 1. The molecule has 0 saturated heterocycles. The molecule has 0 amide bonds. The van der Waals surface area contributed by atoms with Gasteiger partial charge in [-0.15, -0.1) is 0 Å². The number of esters is 1. The zero-order chi connectivity index (χ0) is 18.9. The number of aryl methyl sites for hydroxylation is 2. The van der Waals surface area contributed by atoms with E-state index in [1.807, 2.05) is 13.0 Å². The summed E-state index contributed by atoms with van der Waals surface area (Å²) in [6.45, 7) is 5.53. The minimum atomic E-state index is -3.71. The number of sulfonamides is 1. The number of rotatable bonds is 5. The van der Waals surface area contributed by atoms with Gasteiger partial charge in [0.1, 0.15) is 5.58 Å². The first kappa shape index (κ1) is 18.0. The van der Waals surface area contributed by atoms with Gasteiger partial charge in [-0.2, -0.15) is 0 Å². The van der Waals surface area contributed by atoms with E-state index in [0.717, 1.165) is 5.56 Å². The molecule has 0 spiro atoms. The number of nitrogens with one attached hydrogen (secondary N) is 1. The first-order valence-electron chi connectivity index (χ1n) is 8.11. The molecule has 0 aliphatic carbocycles. The topological polar surface area (TPSA) is 85.6 Å². The van der Waals surface area contributed by atoms with Crippen LogP contribution in [0.25, 0.3) is 11.0 Å². The van der Waals surface area contributed by atoms with Crippen LogP contribution in [0.3, 0.4) is 0 Å². The van der Waals surface area contributed by atoms with Crippen LogP contribution < -0.4 is 4.72 Å². The largest absolute Gasteiger partial charge is 0.460 e. The molecule has 0 radical (unpaired) electrons. The normalized spacial score (nSPS) is 11.5. The second kappa shape index (κ2) is 6.84. The van der Waals surface area contributed by atoms with Crippen molar-refractivity contribution >= 4 is 32.6 Å². The number of benzene rings is 2. The standard InChI is InChI=1S/C19H19NO5S/c1-4-24-19(21)18-13(3)16-11-14(8-9-17(16)25-18)20-26(22,23)15-7-5-6-12(2)10-15/h5-11,20H,4H2,1-3H3. The summed E-state index contributed by atoms with van der Waals surface area (Å²) in [5.41, 5.74) is 2.34. The van der Waals surface area contributed by atoms with E-state index < -0.39 is 16.0 Å². The molecule has 3 rings (SSSR count). The summed E-state index contributed by atoms with van der Waals surface area (Å²) in [6, 6.07) is 11.5. The van der Waals surface area contributed by atoms with Crippen LogP contribution >= 0.6 is 0 Å². The second-order valence-corrected chi connectivity index (χ2v) is 7.59. The van der Waals surface area contributed by atoms with Crippen molar-refractivity contribution < 1.29 is 22.4 Å². The van der Waals surface area contributed by atoms with Crippen LogP contribution in [0.1, 0.15) is 28.6 Å². The zero-order valence-corrected chi connectivity index (χ0v) is 15.5. The van der Waals surface area contributed by atoms with Gasteiger partial charge in [0.25, 0.3) is 10.0 Å². The van der Waals surface area contributed by atoms with E-state index in [0.29, 0.717) is 22.2 Å². The molecule has 2 aromatic carbocycles. The van der Waals surface area contributed by atoms with Gasteiger partial charge in [0.05, 0.1) is 11.5 Å². The molecule has 1 heterocycles. The molecular weight excluding hydrogens is 354 g/mol. The highest BCUT2D eigenvalue weighted by Gasteiger charge is 2.20. The van der Waals surface area contributed by atoms with E-state index in [2.05, 4.69) is 4.72 Å². The second-order valence-electron chi connectivity index (χ2n) is 5.91. The van der Waals surface area contributed by atoms with Crippen molar-refractivity contribution in [2.45, 2.75) is 25.7 Å². The highest BCUT2D eigenvalue weighted by atomic mass is 32.2. The molecule has 136 valence electrons. The van der Waals surface area contributed by atoms with Crippen LogP contribution in [0.15, 0.2) is 51.8 Å². The maximum Gasteiger partial charge on any atom is 0.374 e. The van der Waals surface area contributed by atoms with Gasteiger partial charge in [-0.3, -0.25) is 4.72 Å². The molecule has 26 heavy (non-hydrogen) atoms. The molecule has 0 saturated carbocycles. The van der Waals surface area contributed by atoms with Gasteiger partial charge in [-0.25, -0.2) is 13.2 Å². The summed E-state index contributed by atoms with van der Waals surface area (Å²) in [5.74, 6) is -0.413. The molecule has 3 aromatic rings. The third-order valence-electron chi connectivity index (χ3n) is 3.95. The van der Waals surface area contributed by atoms with Gasteiger partial charge in [0.15, 0.2) is 0 Å². The maximum atomic E-state index is 12.6. The summed E-state index contributed by atoms with van der Waals surface area (Å²) in [5, 5.41) is 0.650. The lowest BCUT2D eigenvalue weighted by Crippen LogP contribution is -2.12. The van der Waals surface area contributed by atoms with Crippen LogP contribution in [0.5, 0.6) is 0 Å². The van der Waals surface area contributed by atoms with Crippen molar-refractivity contribution in [3.63, 3.8) is 0 Å². The van der Waals surface area contributed by atoms with Crippen LogP contribution in [0, 0.1) is 13.8 Å². The molecule has 0 unspecified atom stereocenters. The fourth-order valence-electron chi connectivity index (χ4n) is 2.67. The Morgan fingerprint density at radius 2 is 1.92 bits per heavy atom. The number of furan rings is 1. The first-order chi connectivity index (χ1) is 12.3. The highest BCUT2D eigenvalue weighted by Crippen LogP contribution is 2.29. The fourth-order valence-corrected chi connectivity index (χ4v) is 3.83. The average molecular weight is 373 g/mol. The Morgan fingerprint density at radius 1 is 1.15 bits per heavy atom. The number of hydrogen-bond donors (Lipinski definition) is 1. The van der Waals surface area contributed by atoms with E-state index in [1.165, 1.54) is 6.07 Å². The van der Waals surface area contributed by atoms with Crippen LogP contribution in [-0.4, -0.2) is 21.0 Å². The third kappa shape index (κ3) is 3.43. The lowest BCUT2D eigenvalue weighted by molar-refractivity contribution is 0.0491. The van der Waals surface area contributed by atoms with Crippen molar-refractivity contribution in [2.75, 3.05) is 11.3 Å². The summed E-state index contributed by atoms with van der Waals surface area (Å²) in [7, 11) is -3.71. The smallest absolute Gasteiger partial charge is 0.374 e. The predicted molar refractivity (Wildman–Crippen MR) is 98.9 cm³/mol. The van der Waals surface area contributed by atoms with Gasteiger partial charge in [-0.1, -0.05) is 12.1 Å². The third-order valence-corrected chi connectivity index (χ3v) is 5.33. The van der Waals surface area contributed by atoms with Crippen molar-refractivity contribution in [3.8, 4) is 0 Å². The van der Waals surface area contributed by atoms with E-state index in [9.17, 15) is 13.2 Å². The molecule has 0 atom stereocenters. The molecule has 1 aromatic heterocycles. The van der Waals surface area contributed by atoms with Gasteiger partial charge in [0.2, 0.25) is 5.76 Å². The maximum absolute atomic E-state index is 12.6. The minimum absolute atomic E-state index is 0.126. The minimum Gasteiger partial charge on any atom is -0.460 e. The Kier molecular flexibility index (Phi) is 4.73.